The average Bonchev–Trinajstić information content (AvgIpc) is 2.94. The van der Waals surface area contributed by atoms with Gasteiger partial charge in [0, 0.05) is 43.3 Å². The number of methoxy groups -OCH3 is 1. The summed E-state index contributed by atoms with van der Waals surface area (Å²) in [6, 6.07) is 2.14. The quantitative estimate of drug-likeness (QED) is 0.822. The summed E-state index contributed by atoms with van der Waals surface area (Å²) < 4.78 is 99.7. The first-order valence-electron chi connectivity index (χ1n) is 10.8. The first-order chi connectivity index (χ1) is 12.9. The van der Waals surface area contributed by atoms with Crippen molar-refractivity contribution in [2.45, 2.75) is 19.4 Å². The summed E-state index contributed by atoms with van der Waals surface area (Å²) in [7, 11) is 1.42. The van der Waals surface area contributed by atoms with Crippen molar-refractivity contribution >= 4 is 10.9 Å². The second kappa shape index (κ2) is 4.80. The minimum absolute atomic E-state index is 0.132. The lowest BCUT2D eigenvalue weighted by molar-refractivity contribution is 0.286. The Hall–Kier alpha value is -1.48. The third-order valence-electron chi connectivity index (χ3n) is 2.35. The van der Waals surface area contributed by atoms with Gasteiger partial charge in [-0.25, -0.2) is 0 Å². The monoisotopic (exact) mass is 244 g/mol. The molecule has 92 valence electrons. The molecule has 2 rings (SSSR count). The van der Waals surface area contributed by atoms with Gasteiger partial charge < -0.3 is 14.2 Å². The largest absolute Gasteiger partial charge is 0.497 e. The van der Waals surface area contributed by atoms with Gasteiger partial charge in [-0.2, -0.15) is 0 Å². The van der Waals surface area contributed by atoms with Crippen molar-refractivity contribution in [3.05, 3.63) is 30.5 Å². The van der Waals surface area contributed by atoms with Gasteiger partial charge in [-0.3, -0.25) is 0 Å². The maximum atomic E-state index is 8.50. The van der Waals surface area contributed by atoms with Gasteiger partial charge >= 0.3 is 0 Å². The topological polar surface area (TPSA) is 17.4 Å². The molecule has 1 heterocycles. The second-order valence-electron chi connectivity index (χ2n) is 3.41. The van der Waals surface area contributed by atoms with E-state index in [1.807, 2.05) is 0 Å². The number of rotatable bonds is 4. The van der Waals surface area contributed by atoms with Gasteiger partial charge in [-0.1, -0.05) is 0 Å². The SMILES string of the molecule is [2H]C([2H])([2H])N(C([2H])([2H])[2H])[C@]([2H])(C([2H])([2H])[2H])C([2H])([2H])n1ccc2cc(OC)ccc21. The van der Waals surface area contributed by atoms with Crippen molar-refractivity contribution in [2.75, 3.05) is 21.1 Å². The molecule has 17 heavy (non-hydrogen) atoms. The molecule has 0 aliphatic heterocycles. The van der Waals surface area contributed by atoms with E-state index in [-0.39, 0.29) is 5.52 Å². The van der Waals surface area contributed by atoms with E-state index in [4.69, 9.17) is 21.2 Å². The maximum Gasteiger partial charge on any atom is 0.119 e. The van der Waals surface area contributed by atoms with Crippen LogP contribution in [0.5, 0.6) is 5.75 Å². The van der Waals surface area contributed by atoms with E-state index in [9.17, 15) is 0 Å². The summed E-state index contributed by atoms with van der Waals surface area (Å²) in [5, 5.41) is 0.426. The second-order valence-corrected chi connectivity index (χ2v) is 3.41. The zero-order valence-corrected chi connectivity index (χ0v) is 9.19. The zero-order valence-electron chi connectivity index (χ0n) is 21.2. The van der Waals surface area contributed by atoms with E-state index < -0.39 is 38.2 Å². The fourth-order valence-electron chi connectivity index (χ4n) is 1.51. The van der Waals surface area contributed by atoms with Gasteiger partial charge in [-0.15, -0.1) is 0 Å². The van der Waals surface area contributed by atoms with Crippen LogP contribution in [0.2, 0.25) is 0 Å². The van der Waals surface area contributed by atoms with Crippen LogP contribution in [0.4, 0.5) is 0 Å². The molecule has 2 aromatic rings. The molecule has 0 radical (unpaired) electrons. The first-order valence-corrected chi connectivity index (χ1v) is 4.85. The number of fused-ring (bicyclic) bond motifs is 1. The van der Waals surface area contributed by atoms with Gasteiger partial charge in [0.15, 0.2) is 0 Å². The lowest BCUT2D eigenvalue weighted by Crippen LogP contribution is -2.28. The molecule has 0 spiro atoms. The summed E-state index contributed by atoms with van der Waals surface area (Å²) in [4.78, 5) is -0.532. The Balaban J connectivity index is 2.84. The normalized spacial score (nSPS) is 28.6. The summed E-state index contributed by atoms with van der Waals surface area (Å²) in [6.45, 7) is -14.1. The number of ether oxygens (including phenoxy) is 1. The van der Waals surface area contributed by atoms with Gasteiger partial charge in [0.05, 0.1) is 9.85 Å². The number of likely N-dealkylation sites (N-methyl/N-ethyl adjacent to an activating group) is 1. The standard InChI is InChI=1S/C14H20N2O/c1-11(15(2)3)10-16-8-7-12-9-13(17-4)5-6-14(12)16/h5-9,11H,10H2,1-4H3/t11-/m1/s1/i1D3,2D3,3D3,10D2,11D. The molecule has 0 saturated carbocycles. The highest BCUT2D eigenvalue weighted by molar-refractivity contribution is 5.81. The highest BCUT2D eigenvalue weighted by Gasteiger charge is 2.08. The molecule has 1 aromatic heterocycles. The van der Waals surface area contributed by atoms with Crippen LogP contribution in [-0.2, 0) is 6.50 Å². The summed E-state index contributed by atoms with van der Waals surface area (Å²) in [5.41, 5.74) is 0.132. The summed E-state index contributed by atoms with van der Waals surface area (Å²) in [5.74, 6) is 0.440. The van der Waals surface area contributed by atoms with E-state index in [0.29, 0.717) is 11.1 Å². The molecule has 1 atom stereocenters. The number of benzene rings is 1. The highest BCUT2D eigenvalue weighted by atomic mass is 16.5. The predicted octanol–water partition coefficient (Wildman–Crippen LogP) is 2.60. The third kappa shape index (κ3) is 2.44. The van der Waals surface area contributed by atoms with Crippen LogP contribution in [0.3, 0.4) is 0 Å². The fourth-order valence-corrected chi connectivity index (χ4v) is 1.51. The molecule has 0 aliphatic rings. The van der Waals surface area contributed by atoms with E-state index in [2.05, 4.69) is 0 Å². The molecule has 3 heteroatoms. The molecule has 0 fully saturated rings. The van der Waals surface area contributed by atoms with Crippen molar-refractivity contribution < 1.29 is 21.2 Å². The molecular formula is C14H20N2O. The lowest BCUT2D eigenvalue weighted by atomic mass is 10.2. The predicted molar refractivity (Wildman–Crippen MR) is 71.6 cm³/mol. The summed E-state index contributed by atoms with van der Waals surface area (Å²) >= 11 is 0. The number of hydrogen-bond acceptors (Lipinski definition) is 2. The molecule has 0 bridgehead atoms. The molecular weight excluding hydrogens is 212 g/mol. The van der Waals surface area contributed by atoms with E-state index in [1.165, 1.54) is 31.4 Å². The Kier molecular flexibility index (Phi) is 1.14. The Bertz CT molecular complexity index is 867. The molecule has 0 aliphatic carbocycles. The van der Waals surface area contributed by atoms with Crippen LogP contribution in [0, 0.1) is 0 Å². The van der Waals surface area contributed by atoms with Gasteiger partial charge in [-0.05, 0) is 45.1 Å². The zero-order chi connectivity index (χ0) is 22.6. The Morgan fingerprint density at radius 3 is 3.12 bits per heavy atom. The molecule has 0 N–H and O–H groups in total. The molecule has 3 nitrogen and oxygen atoms in total. The van der Waals surface area contributed by atoms with Gasteiger partial charge in [0.2, 0.25) is 0 Å². The maximum absolute atomic E-state index is 8.50. The number of hydrogen-bond donors (Lipinski definition) is 0. The number of nitrogens with zero attached hydrogens (tertiary/aromatic N) is 2. The minimum Gasteiger partial charge on any atom is -0.497 e. The van der Waals surface area contributed by atoms with Crippen molar-refractivity contribution in [1.29, 1.82) is 0 Å². The summed E-state index contributed by atoms with van der Waals surface area (Å²) in [6.07, 6.45) is 1.14. The van der Waals surface area contributed by atoms with E-state index in [1.54, 1.807) is 0 Å². The first kappa shape index (κ1) is 4.02. The molecule has 1 aromatic carbocycles. The number of aromatic nitrogens is 1. The van der Waals surface area contributed by atoms with Crippen LogP contribution in [0.15, 0.2) is 30.5 Å². The Labute approximate surface area is 119 Å². The van der Waals surface area contributed by atoms with Crippen LogP contribution in [0.25, 0.3) is 10.9 Å². The van der Waals surface area contributed by atoms with Crippen LogP contribution < -0.4 is 4.74 Å². The third-order valence-corrected chi connectivity index (χ3v) is 2.35. The smallest absolute Gasteiger partial charge is 0.119 e. The van der Waals surface area contributed by atoms with E-state index >= 15 is 0 Å². The average molecular weight is 244 g/mol. The molecule has 0 amide bonds. The van der Waals surface area contributed by atoms with Crippen LogP contribution >= 0.6 is 0 Å². The van der Waals surface area contributed by atoms with Crippen molar-refractivity contribution in [2.24, 2.45) is 0 Å². The minimum atomic E-state index is -3.69. The van der Waals surface area contributed by atoms with Crippen LogP contribution in [-0.4, -0.2) is 36.5 Å². The molecule has 0 unspecified atom stereocenters. The van der Waals surface area contributed by atoms with Gasteiger partial charge in [0.25, 0.3) is 0 Å². The Morgan fingerprint density at radius 2 is 2.41 bits per heavy atom. The van der Waals surface area contributed by atoms with Crippen molar-refractivity contribution in [3.63, 3.8) is 0 Å². The molecule has 0 saturated heterocycles. The van der Waals surface area contributed by atoms with Crippen molar-refractivity contribution in [3.8, 4) is 5.75 Å². The Morgan fingerprint density at radius 1 is 1.53 bits per heavy atom. The van der Waals surface area contributed by atoms with Gasteiger partial charge in [0.1, 0.15) is 5.75 Å². The van der Waals surface area contributed by atoms with E-state index in [0.717, 1.165) is 10.8 Å². The lowest BCUT2D eigenvalue weighted by Gasteiger charge is -2.20. The highest BCUT2D eigenvalue weighted by Crippen LogP contribution is 2.22. The van der Waals surface area contributed by atoms with Crippen molar-refractivity contribution in [1.82, 2.24) is 9.47 Å². The van der Waals surface area contributed by atoms with Crippen LogP contribution in [0.1, 0.15) is 23.3 Å². The fraction of sp³-hybridized carbons (Fsp3) is 0.429.